The maximum absolute atomic E-state index is 13.1. The van der Waals surface area contributed by atoms with E-state index in [4.69, 9.17) is 5.26 Å². The predicted octanol–water partition coefficient (Wildman–Crippen LogP) is 3.17. The predicted molar refractivity (Wildman–Crippen MR) is 103 cm³/mol. The van der Waals surface area contributed by atoms with E-state index in [1.807, 2.05) is 6.07 Å². The van der Waals surface area contributed by atoms with Crippen LogP contribution in [0.1, 0.15) is 17.0 Å². The molecule has 0 saturated carbocycles. The fraction of sp³-hybridized carbons (Fsp3) is 0.238. The summed E-state index contributed by atoms with van der Waals surface area (Å²) in [4.78, 5) is 30.4. The Morgan fingerprint density at radius 2 is 1.83 bits per heavy atom. The highest BCUT2D eigenvalue weighted by atomic mass is 19.4. The molecule has 3 rings (SSSR count). The molecule has 0 saturated heterocycles. The van der Waals surface area contributed by atoms with Gasteiger partial charge in [-0.15, -0.1) is 0 Å². The lowest BCUT2D eigenvalue weighted by Gasteiger charge is -2.25. The van der Waals surface area contributed by atoms with Gasteiger partial charge in [0.1, 0.15) is 18.9 Å². The molecule has 0 radical (unpaired) electrons. The first kappa shape index (κ1) is 21.0. The van der Waals surface area contributed by atoms with Crippen molar-refractivity contribution >= 4 is 16.8 Å². The second kappa shape index (κ2) is 8.37. The fourth-order valence-electron chi connectivity index (χ4n) is 3.05. The third kappa shape index (κ3) is 4.84. The molecule has 0 unspecified atom stereocenters. The van der Waals surface area contributed by atoms with Crippen LogP contribution in [0.4, 0.5) is 13.2 Å². The van der Waals surface area contributed by atoms with E-state index >= 15 is 0 Å². The minimum Gasteiger partial charge on any atom is -0.328 e. The number of benzene rings is 2. The summed E-state index contributed by atoms with van der Waals surface area (Å²) in [7, 11) is 0. The number of alkyl halides is 3. The van der Waals surface area contributed by atoms with Crippen molar-refractivity contribution in [1.82, 2.24) is 14.5 Å². The van der Waals surface area contributed by atoms with Crippen LogP contribution in [0.15, 0.2) is 53.3 Å². The Morgan fingerprint density at radius 3 is 2.47 bits per heavy atom. The van der Waals surface area contributed by atoms with Gasteiger partial charge in [-0.3, -0.25) is 14.2 Å². The summed E-state index contributed by atoms with van der Waals surface area (Å²) < 4.78 is 40.3. The van der Waals surface area contributed by atoms with Crippen molar-refractivity contribution in [1.29, 1.82) is 5.26 Å². The van der Waals surface area contributed by atoms with Crippen LogP contribution < -0.4 is 5.56 Å². The van der Waals surface area contributed by atoms with E-state index < -0.39 is 30.7 Å². The van der Waals surface area contributed by atoms with Crippen molar-refractivity contribution in [2.45, 2.75) is 26.2 Å². The number of nitrogens with zero attached hydrogens (tertiary/aromatic N) is 4. The van der Waals surface area contributed by atoms with Crippen molar-refractivity contribution < 1.29 is 18.0 Å². The topological polar surface area (TPSA) is 79.0 Å². The molecule has 3 aromatic rings. The van der Waals surface area contributed by atoms with E-state index in [1.54, 1.807) is 24.3 Å². The molecule has 0 fully saturated rings. The maximum atomic E-state index is 13.1. The molecule has 0 aliphatic carbocycles. The number of rotatable bonds is 5. The molecular weight excluding hydrogens is 397 g/mol. The van der Waals surface area contributed by atoms with Gasteiger partial charge in [0.15, 0.2) is 0 Å². The molecular formula is C21H17F3N4O2. The highest BCUT2D eigenvalue weighted by Gasteiger charge is 2.33. The van der Waals surface area contributed by atoms with Crippen molar-refractivity contribution in [3.8, 4) is 6.07 Å². The summed E-state index contributed by atoms with van der Waals surface area (Å²) in [6, 6.07) is 14.4. The fourth-order valence-corrected chi connectivity index (χ4v) is 3.05. The lowest BCUT2D eigenvalue weighted by atomic mass is 10.1. The van der Waals surface area contributed by atoms with Crippen LogP contribution >= 0.6 is 0 Å². The Kier molecular flexibility index (Phi) is 5.87. The number of aryl methyl sites for hydroxylation is 1. The number of halogens is 3. The van der Waals surface area contributed by atoms with Crippen LogP contribution in [0.5, 0.6) is 0 Å². The Balaban J connectivity index is 1.90. The number of nitriles is 1. The molecule has 0 bridgehead atoms. The molecule has 0 N–H and O–H groups in total. The number of para-hydroxylation sites is 1. The number of carbonyl (C=O) groups is 1. The largest absolute Gasteiger partial charge is 0.406 e. The minimum atomic E-state index is -4.61. The van der Waals surface area contributed by atoms with E-state index in [-0.39, 0.29) is 17.8 Å². The summed E-state index contributed by atoms with van der Waals surface area (Å²) in [5.41, 5.74) is 0.759. The summed E-state index contributed by atoms with van der Waals surface area (Å²) >= 11 is 0. The van der Waals surface area contributed by atoms with Gasteiger partial charge in [0.05, 0.1) is 22.5 Å². The van der Waals surface area contributed by atoms with Gasteiger partial charge < -0.3 is 4.90 Å². The third-order valence-electron chi connectivity index (χ3n) is 4.53. The highest BCUT2D eigenvalue weighted by Crippen LogP contribution is 2.19. The van der Waals surface area contributed by atoms with Gasteiger partial charge in [0, 0.05) is 6.54 Å². The number of hydrogen-bond acceptors (Lipinski definition) is 4. The van der Waals surface area contributed by atoms with Crippen LogP contribution in [0.2, 0.25) is 0 Å². The molecule has 1 heterocycles. The van der Waals surface area contributed by atoms with Crippen LogP contribution in [-0.2, 0) is 17.9 Å². The van der Waals surface area contributed by atoms with Crippen molar-refractivity contribution in [2.75, 3.05) is 6.54 Å². The molecule has 0 aliphatic heterocycles. The van der Waals surface area contributed by atoms with E-state index in [2.05, 4.69) is 4.98 Å². The molecule has 1 aromatic heterocycles. The average Bonchev–Trinajstić information content (AvgIpc) is 2.70. The molecule has 0 atom stereocenters. The molecule has 154 valence electrons. The molecule has 9 heteroatoms. The molecule has 6 nitrogen and oxygen atoms in total. The number of amides is 1. The first-order valence-electron chi connectivity index (χ1n) is 8.97. The number of hydrogen-bond donors (Lipinski definition) is 0. The summed E-state index contributed by atoms with van der Waals surface area (Å²) in [6.45, 7) is -0.801. The zero-order valence-corrected chi connectivity index (χ0v) is 16.0. The van der Waals surface area contributed by atoms with Crippen molar-refractivity contribution in [2.24, 2.45) is 0 Å². The lowest BCUT2D eigenvalue weighted by Crippen LogP contribution is -2.42. The standard InChI is InChI=1S/C21H17F3N4O2/c1-14-26-18-5-3-2-4-17(18)20(30)28(14)12-19(29)27(13-21(22,23)24)11-16-8-6-15(10-25)7-9-16/h2-9H,11-13H2,1H3. The van der Waals surface area contributed by atoms with Gasteiger partial charge in [0.2, 0.25) is 5.91 Å². The summed E-state index contributed by atoms with van der Waals surface area (Å²) in [5.74, 6) is -0.628. The summed E-state index contributed by atoms with van der Waals surface area (Å²) in [5, 5.41) is 9.12. The van der Waals surface area contributed by atoms with Gasteiger partial charge in [-0.2, -0.15) is 18.4 Å². The molecule has 0 aliphatic rings. The molecule has 2 aromatic carbocycles. The normalized spacial score (nSPS) is 11.3. The van der Waals surface area contributed by atoms with E-state index in [9.17, 15) is 22.8 Å². The van der Waals surface area contributed by atoms with Crippen molar-refractivity contribution in [3.05, 3.63) is 75.8 Å². The second-order valence-electron chi connectivity index (χ2n) is 6.74. The number of fused-ring (bicyclic) bond motifs is 1. The molecule has 30 heavy (non-hydrogen) atoms. The number of carbonyl (C=O) groups excluding carboxylic acids is 1. The van der Waals surface area contributed by atoms with Crippen LogP contribution in [-0.4, -0.2) is 33.1 Å². The highest BCUT2D eigenvalue weighted by molar-refractivity contribution is 5.79. The second-order valence-corrected chi connectivity index (χ2v) is 6.74. The number of aromatic nitrogens is 2. The zero-order chi connectivity index (χ0) is 21.9. The van der Waals surface area contributed by atoms with Crippen LogP contribution in [0.3, 0.4) is 0 Å². The van der Waals surface area contributed by atoms with E-state index in [0.717, 1.165) is 4.57 Å². The Bertz CT molecular complexity index is 1180. The van der Waals surface area contributed by atoms with Gasteiger partial charge in [0.25, 0.3) is 5.56 Å². The monoisotopic (exact) mass is 414 g/mol. The quantitative estimate of drug-likeness (QED) is 0.643. The Labute approximate surface area is 169 Å². The van der Waals surface area contributed by atoms with Gasteiger partial charge >= 0.3 is 6.18 Å². The summed E-state index contributed by atoms with van der Waals surface area (Å²) in [6.07, 6.45) is -4.61. The molecule has 1 amide bonds. The average molecular weight is 414 g/mol. The Morgan fingerprint density at radius 1 is 1.17 bits per heavy atom. The van der Waals surface area contributed by atoms with E-state index in [0.29, 0.717) is 21.5 Å². The van der Waals surface area contributed by atoms with Crippen LogP contribution in [0, 0.1) is 18.3 Å². The minimum absolute atomic E-state index is 0.234. The lowest BCUT2D eigenvalue weighted by molar-refractivity contribution is -0.162. The smallest absolute Gasteiger partial charge is 0.328 e. The molecule has 0 spiro atoms. The zero-order valence-electron chi connectivity index (χ0n) is 16.0. The van der Waals surface area contributed by atoms with E-state index in [1.165, 1.54) is 31.2 Å². The first-order valence-corrected chi connectivity index (χ1v) is 8.97. The van der Waals surface area contributed by atoms with Crippen LogP contribution in [0.25, 0.3) is 10.9 Å². The maximum Gasteiger partial charge on any atom is 0.406 e. The third-order valence-corrected chi connectivity index (χ3v) is 4.53. The Hall–Kier alpha value is -3.67. The van der Waals surface area contributed by atoms with Gasteiger partial charge in [-0.1, -0.05) is 24.3 Å². The van der Waals surface area contributed by atoms with Crippen molar-refractivity contribution in [3.63, 3.8) is 0 Å². The first-order chi connectivity index (χ1) is 14.2. The van der Waals surface area contributed by atoms with Gasteiger partial charge in [-0.05, 0) is 36.8 Å². The SMILES string of the molecule is Cc1nc2ccccc2c(=O)n1CC(=O)N(Cc1ccc(C#N)cc1)CC(F)(F)F. The van der Waals surface area contributed by atoms with Gasteiger partial charge in [-0.25, -0.2) is 4.98 Å².